The summed E-state index contributed by atoms with van der Waals surface area (Å²) in [5.41, 5.74) is 2.22. The van der Waals surface area contributed by atoms with Gasteiger partial charge < -0.3 is 5.32 Å². The van der Waals surface area contributed by atoms with E-state index in [0.29, 0.717) is 6.04 Å². The molecule has 4 nitrogen and oxygen atoms in total. The Bertz CT molecular complexity index is 387. The summed E-state index contributed by atoms with van der Waals surface area (Å²) in [6.45, 7) is 2.87. The van der Waals surface area contributed by atoms with Crippen LogP contribution in [0.25, 0.3) is 0 Å². The van der Waals surface area contributed by atoms with E-state index in [9.17, 15) is 0 Å². The van der Waals surface area contributed by atoms with Gasteiger partial charge in [0.05, 0.1) is 5.69 Å². The van der Waals surface area contributed by atoms with Crippen LogP contribution in [0.15, 0.2) is 29.9 Å². The lowest BCUT2D eigenvalue weighted by Gasteiger charge is -2.12. The number of aromatic nitrogens is 3. The summed E-state index contributed by atoms with van der Waals surface area (Å²) in [4.78, 5) is 3.99. The molecule has 5 heteroatoms. The van der Waals surface area contributed by atoms with E-state index in [2.05, 4.69) is 26.8 Å². The van der Waals surface area contributed by atoms with Crippen molar-refractivity contribution in [3.63, 3.8) is 0 Å². The summed E-state index contributed by atoms with van der Waals surface area (Å²) in [5, 5.41) is 9.30. The maximum atomic E-state index is 3.99. The molecule has 2 aromatic heterocycles. The summed E-state index contributed by atoms with van der Waals surface area (Å²) in [5.74, 6) is 0. The van der Waals surface area contributed by atoms with Gasteiger partial charge in [0.15, 0.2) is 0 Å². The fraction of sp³-hybridized carbons (Fsp3) is 0.300. The molecule has 0 spiro atoms. The van der Waals surface area contributed by atoms with Crippen LogP contribution < -0.4 is 5.32 Å². The van der Waals surface area contributed by atoms with Crippen LogP contribution in [0.3, 0.4) is 0 Å². The molecule has 1 N–H and O–H groups in total. The smallest absolute Gasteiger partial charge is 0.0893 e. The van der Waals surface area contributed by atoms with E-state index in [1.807, 2.05) is 17.5 Å². The van der Waals surface area contributed by atoms with Gasteiger partial charge in [-0.1, -0.05) is 4.49 Å². The molecule has 1 atom stereocenters. The molecule has 78 valence electrons. The highest BCUT2D eigenvalue weighted by atomic mass is 32.1. The van der Waals surface area contributed by atoms with E-state index in [1.165, 1.54) is 17.1 Å². The molecule has 2 heterocycles. The molecule has 0 bridgehead atoms. The molecule has 2 rings (SSSR count). The zero-order valence-electron chi connectivity index (χ0n) is 8.42. The molecule has 0 saturated carbocycles. The zero-order chi connectivity index (χ0) is 10.5. The van der Waals surface area contributed by atoms with Crippen LogP contribution in [-0.4, -0.2) is 14.6 Å². The Morgan fingerprint density at radius 1 is 1.40 bits per heavy atom. The van der Waals surface area contributed by atoms with Gasteiger partial charge in [-0.3, -0.25) is 4.98 Å². The number of rotatable bonds is 4. The molecule has 0 fully saturated rings. The van der Waals surface area contributed by atoms with E-state index in [-0.39, 0.29) is 0 Å². The van der Waals surface area contributed by atoms with Gasteiger partial charge in [-0.25, -0.2) is 0 Å². The van der Waals surface area contributed by atoms with Gasteiger partial charge in [0.1, 0.15) is 0 Å². The molecule has 15 heavy (non-hydrogen) atoms. The monoisotopic (exact) mass is 220 g/mol. The normalized spacial score (nSPS) is 12.6. The van der Waals surface area contributed by atoms with Crippen LogP contribution in [0.1, 0.15) is 24.2 Å². The SMILES string of the molecule is C[C@H](NCc1csnn1)c1ccncc1. The topological polar surface area (TPSA) is 50.7 Å². The first-order chi connectivity index (χ1) is 7.36. The average Bonchev–Trinajstić information content (AvgIpc) is 2.80. The molecule has 0 amide bonds. The van der Waals surface area contributed by atoms with Gasteiger partial charge in [0.25, 0.3) is 0 Å². The van der Waals surface area contributed by atoms with E-state index in [1.54, 1.807) is 12.4 Å². The average molecular weight is 220 g/mol. The Labute approximate surface area is 92.5 Å². The minimum Gasteiger partial charge on any atom is -0.304 e. The summed E-state index contributed by atoms with van der Waals surface area (Å²) >= 11 is 1.38. The standard InChI is InChI=1S/C10H12N4S/c1-8(9-2-4-11-5-3-9)12-6-10-7-15-14-13-10/h2-5,7-8,12H,6H2,1H3/t8-/m0/s1. The molecule has 0 aliphatic heterocycles. The molecule has 0 unspecified atom stereocenters. The minimum absolute atomic E-state index is 0.301. The second-order valence-corrected chi connectivity index (χ2v) is 3.89. The van der Waals surface area contributed by atoms with Gasteiger partial charge in [0, 0.05) is 30.4 Å². The largest absolute Gasteiger partial charge is 0.304 e. The van der Waals surface area contributed by atoms with Crippen LogP contribution >= 0.6 is 11.5 Å². The van der Waals surface area contributed by atoms with Crippen molar-refractivity contribution in [3.8, 4) is 0 Å². The van der Waals surface area contributed by atoms with Gasteiger partial charge in [-0.2, -0.15) is 0 Å². The first-order valence-corrected chi connectivity index (χ1v) is 5.59. The van der Waals surface area contributed by atoms with Crippen molar-refractivity contribution in [3.05, 3.63) is 41.2 Å². The van der Waals surface area contributed by atoms with Crippen molar-refractivity contribution >= 4 is 11.5 Å². The number of nitrogens with one attached hydrogen (secondary N) is 1. The molecule has 0 saturated heterocycles. The first-order valence-electron chi connectivity index (χ1n) is 4.75. The Morgan fingerprint density at radius 3 is 2.87 bits per heavy atom. The number of hydrogen-bond donors (Lipinski definition) is 1. The third-order valence-electron chi connectivity index (χ3n) is 2.20. The minimum atomic E-state index is 0.301. The molecule has 0 aliphatic rings. The first kappa shape index (κ1) is 10.2. The zero-order valence-corrected chi connectivity index (χ0v) is 9.24. The highest BCUT2D eigenvalue weighted by Gasteiger charge is 2.04. The van der Waals surface area contributed by atoms with Crippen LogP contribution in [0.4, 0.5) is 0 Å². The fourth-order valence-corrected chi connectivity index (χ4v) is 1.74. The van der Waals surface area contributed by atoms with Crippen molar-refractivity contribution < 1.29 is 0 Å². The van der Waals surface area contributed by atoms with Gasteiger partial charge in [0.2, 0.25) is 0 Å². The van der Waals surface area contributed by atoms with Crippen molar-refractivity contribution in [1.29, 1.82) is 0 Å². The molecule has 0 aromatic carbocycles. The number of hydrogen-bond acceptors (Lipinski definition) is 5. The van der Waals surface area contributed by atoms with Gasteiger partial charge in [-0.05, 0) is 36.2 Å². The van der Waals surface area contributed by atoms with E-state index >= 15 is 0 Å². The van der Waals surface area contributed by atoms with Crippen molar-refractivity contribution in [2.24, 2.45) is 0 Å². The number of nitrogens with zero attached hydrogens (tertiary/aromatic N) is 3. The van der Waals surface area contributed by atoms with Gasteiger partial charge >= 0.3 is 0 Å². The predicted molar refractivity (Wildman–Crippen MR) is 59.4 cm³/mol. The maximum Gasteiger partial charge on any atom is 0.0893 e. The summed E-state index contributed by atoms with van der Waals surface area (Å²) in [7, 11) is 0. The lowest BCUT2D eigenvalue weighted by atomic mass is 10.1. The Morgan fingerprint density at radius 2 is 2.20 bits per heavy atom. The van der Waals surface area contributed by atoms with Crippen molar-refractivity contribution in [2.45, 2.75) is 19.5 Å². The highest BCUT2D eigenvalue weighted by Crippen LogP contribution is 2.10. The fourth-order valence-electron chi connectivity index (χ4n) is 1.29. The second-order valence-electron chi connectivity index (χ2n) is 3.28. The Hall–Kier alpha value is -1.33. The highest BCUT2D eigenvalue weighted by molar-refractivity contribution is 7.03. The second kappa shape index (κ2) is 4.95. The molecular weight excluding hydrogens is 208 g/mol. The van der Waals surface area contributed by atoms with Crippen molar-refractivity contribution in [1.82, 2.24) is 19.9 Å². The molecule has 2 aromatic rings. The number of pyridine rings is 1. The van der Waals surface area contributed by atoms with Crippen LogP contribution in [0.2, 0.25) is 0 Å². The summed E-state index contributed by atoms with van der Waals surface area (Å²) < 4.78 is 3.81. The Balaban J connectivity index is 1.90. The lowest BCUT2D eigenvalue weighted by molar-refractivity contribution is 0.566. The van der Waals surface area contributed by atoms with Crippen LogP contribution in [0, 0.1) is 0 Å². The molecule has 0 aliphatic carbocycles. The van der Waals surface area contributed by atoms with E-state index in [4.69, 9.17) is 0 Å². The molecular formula is C10H12N4S. The third-order valence-corrected chi connectivity index (χ3v) is 2.75. The quantitative estimate of drug-likeness (QED) is 0.853. The lowest BCUT2D eigenvalue weighted by Crippen LogP contribution is -2.18. The summed E-state index contributed by atoms with van der Waals surface area (Å²) in [6.07, 6.45) is 3.61. The summed E-state index contributed by atoms with van der Waals surface area (Å²) in [6, 6.07) is 4.32. The van der Waals surface area contributed by atoms with E-state index < -0.39 is 0 Å². The maximum absolute atomic E-state index is 3.99. The predicted octanol–water partition coefficient (Wildman–Crippen LogP) is 1.78. The van der Waals surface area contributed by atoms with Crippen LogP contribution in [-0.2, 0) is 6.54 Å². The molecule has 0 radical (unpaired) electrons. The van der Waals surface area contributed by atoms with Gasteiger partial charge in [-0.15, -0.1) is 5.10 Å². The third kappa shape index (κ3) is 2.81. The van der Waals surface area contributed by atoms with E-state index in [0.717, 1.165) is 12.2 Å². The van der Waals surface area contributed by atoms with Crippen LogP contribution in [0.5, 0.6) is 0 Å². The van der Waals surface area contributed by atoms with Crippen molar-refractivity contribution in [2.75, 3.05) is 0 Å². The Kier molecular flexibility index (Phi) is 3.37.